The average molecular weight is 511 g/mol. The third kappa shape index (κ3) is 5.44. The number of carbonyl (C=O) groups is 1. The highest BCUT2D eigenvalue weighted by Gasteiger charge is 2.43. The van der Waals surface area contributed by atoms with Crippen molar-refractivity contribution in [3.63, 3.8) is 0 Å². The summed E-state index contributed by atoms with van der Waals surface area (Å²) in [6.07, 6.45) is -0.630. The van der Waals surface area contributed by atoms with Crippen LogP contribution in [0.15, 0.2) is 36.4 Å². The third-order valence-electron chi connectivity index (χ3n) is 5.93. The summed E-state index contributed by atoms with van der Waals surface area (Å²) in [5.41, 5.74) is 4.73. The van der Waals surface area contributed by atoms with Gasteiger partial charge in [0.25, 0.3) is 0 Å². The minimum Gasteiger partial charge on any atom is -0.508 e. The number of hydrogen-bond acceptors (Lipinski definition) is 5. The molecule has 0 heterocycles. The van der Waals surface area contributed by atoms with Crippen LogP contribution in [0.2, 0.25) is 0 Å². The van der Waals surface area contributed by atoms with E-state index in [2.05, 4.69) is 5.32 Å². The number of benzene rings is 2. The predicted octanol–water partition coefficient (Wildman–Crippen LogP) is 3.94. The first-order valence-corrected chi connectivity index (χ1v) is 13.9. The van der Waals surface area contributed by atoms with Crippen molar-refractivity contribution in [1.82, 2.24) is 0 Å². The summed E-state index contributed by atoms with van der Waals surface area (Å²) in [5, 5.41) is 20.3. The van der Waals surface area contributed by atoms with Gasteiger partial charge in [0.2, 0.25) is 5.91 Å². The first kappa shape index (κ1) is 26.2. The molecule has 0 radical (unpaired) electrons. The lowest BCUT2D eigenvalue weighted by atomic mass is 9.92. The van der Waals surface area contributed by atoms with Crippen molar-refractivity contribution in [2.75, 3.05) is 5.32 Å². The molecule has 1 aliphatic rings. The van der Waals surface area contributed by atoms with Gasteiger partial charge in [0.15, 0.2) is 5.40 Å². The summed E-state index contributed by atoms with van der Waals surface area (Å²) in [6.45, 7) is 3.97. The van der Waals surface area contributed by atoms with Gasteiger partial charge in [0, 0.05) is 12.3 Å². The van der Waals surface area contributed by atoms with Crippen molar-refractivity contribution in [3.8, 4) is 11.5 Å². The van der Waals surface area contributed by atoms with Gasteiger partial charge >= 0.3 is 15.2 Å². The maximum atomic E-state index is 12.4. The Kier molecular flexibility index (Phi) is 7.43. The first-order valence-electron chi connectivity index (χ1n) is 10.5. The molecule has 184 valence electrons. The van der Waals surface area contributed by atoms with Crippen LogP contribution in [0, 0.1) is 0 Å². The second-order valence-corrected chi connectivity index (χ2v) is 12.2. The van der Waals surface area contributed by atoms with Gasteiger partial charge in [-0.05, 0) is 64.9 Å². The number of rotatable bonds is 8. The lowest BCUT2D eigenvalue weighted by Gasteiger charge is -2.19. The summed E-state index contributed by atoms with van der Waals surface area (Å²) in [5.74, 6) is -0.873. The molecule has 10 nitrogen and oxygen atoms in total. The minimum atomic E-state index is -5.13. The van der Waals surface area contributed by atoms with Crippen LogP contribution >= 0.6 is 15.2 Å². The van der Waals surface area contributed by atoms with Gasteiger partial charge < -0.3 is 35.1 Å². The fourth-order valence-corrected chi connectivity index (χ4v) is 6.84. The van der Waals surface area contributed by atoms with Crippen LogP contribution < -0.4 is 5.32 Å². The fraction of sp³-hybridized carbons (Fsp3) is 0.318. The molecule has 0 saturated heterocycles. The highest BCUT2D eigenvalue weighted by molar-refractivity contribution is 7.70. The Labute approximate surface area is 196 Å². The molecule has 34 heavy (non-hydrogen) atoms. The second-order valence-electron chi connectivity index (χ2n) is 8.22. The smallest absolute Gasteiger partial charge is 0.340 e. The zero-order valence-corrected chi connectivity index (χ0v) is 20.3. The summed E-state index contributed by atoms with van der Waals surface area (Å²) in [4.78, 5) is 49.2. The van der Waals surface area contributed by atoms with E-state index in [1.54, 1.807) is 24.3 Å². The zero-order valence-electron chi connectivity index (χ0n) is 18.5. The molecule has 0 aliphatic heterocycles. The molecule has 2 aromatic carbocycles. The number of aromatic hydroxyl groups is 2. The number of carbonyl (C=O) groups excluding carboxylic acids is 1. The van der Waals surface area contributed by atoms with E-state index in [-0.39, 0.29) is 23.1 Å². The first-order chi connectivity index (χ1) is 15.7. The molecule has 2 aromatic rings. The number of fused-ring (bicyclic) bond motifs is 1. The molecule has 0 spiro atoms. The van der Waals surface area contributed by atoms with Crippen LogP contribution in [-0.4, -0.2) is 41.1 Å². The Balaban J connectivity index is 1.87. The Morgan fingerprint density at radius 2 is 1.62 bits per heavy atom. The monoisotopic (exact) mass is 511 g/mol. The number of anilines is 1. The third-order valence-corrected chi connectivity index (χ3v) is 9.80. The number of amides is 1. The lowest BCUT2D eigenvalue weighted by molar-refractivity contribution is -0.116. The van der Waals surface area contributed by atoms with Crippen molar-refractivity contribution in [3.05, 3.63) is 53.1 Å². The van der Waals surface area contributed by atoms with Crippen LogP contribution in [-0.2, 0) is 13.9 Å². The van der Waals surface area contributed by atoms with Gasteiger partial charge in [-0.1, -0.05) is 26.0 Å². The summed E-state index contributed by atoms with van der Waals surface area (Å²) < 4.78 is 22.8. The van der Waals surface area contributed by atoms with Crippen molar-refractivity contribution in [1.29, 1.82) is 0 Å². The SMILES string of the molecule is CCC1=C(c2ccc(O)cc2)C(C)c2cc(O)c(NC(=O)CCC(P(=O)(O)O)P(=O)(O)O)cc21. The zero-order chi connectivity index (χ0) is 25.4. The van der Waals surface area contributed by atoms with E-state index in [9.17, 15) is 43.7 Å². The van der Waals surface area contributed by atoms with Gasteiger partial charge in [0.05, 0.1) is 5.69 Å². The standard InChI is InChI=1S/C22H27NO9P2/c1-3-15-17-10-18(23-20(26)8-9-21(33(27,28)29)34(30,31)32)19(25)11-16(17)12(2)22(15)13-4-6-14(24)7-5-13/h4-7,10-12,21,24-25H,3,8-9H2,1-2H3,(H,23,26)(H2,27,28,29)(H2,30,31,32). The van der Waals surface area contributed by atoms with Gasteiger partial charge in [-0.15, -0.1) is 0 Å². The number of phenolic OH excluding ortho intramolecular Hbond substituents is 2. The van der Waals surface area contributed by atoms with E-state index in [0.29, 0.717) is 6.42 Å². The molecule has 3 rings (SSSR count). The van der Waals surface area contributed by atoms with Crippen LogP contribution in [0.3, 0.4) is 0 Å². The number of allylic oxidation sites excluding steroid dienone is 2. The molecule has 0 fully saturated rings. The molecule has 0 saturated carbocycles. The predicted molar refractivity (Wildman–Crippen MR) is 127 cm³/mol. The minimum absolute atomic E-state index is 0.0580. The van der Waals surface area contributed by atoms with E-state index < -0.39 is 39.3 Å². The quantitative estimate of drug-likeness (QED) is 0.204. The van der Waals surface area contributed by atoms with E-state index in [4.69, 9.17) is 0 Å². The molecule has 1 unspecified atom stereocenters. The maximum Gasteiger partial charge on any atom is 0.340 e. The Morgan fingerprint density at radius 3 is 2.15 bits per heavy atom. The maximum absolute atomic E-state index is 12.4. The van der Waals surface area contributed by atoms with E-state index in [0.717, 1.165) is 27.8 Å². The van der Waals surface area contributed by atoms with Gasteiger partial charge in [-0.3, -0.25) is 13.9 Å². The highest BCUT2D eigenvalue weighted by Crippen LogP contribution is 2.61. The largest absolute Gasteiger partial charge is 0.508 e. The Hall–Kier alpha value is -2.45. The highest BCUT2D eigenvalue weighted by atomic mass is 31.2. The van der Waals surface area contributed by atoms with Gasteiger partial charge in [-0.2, -0.15) is 0 Å². The lowest BCUT2D eigenvalue weighted by Crippen LogP contribution is -2.16. The summed E-state index contributed by atoms with van der Waals surface area (Å²) in [7, 11) is -10.3. The van der Waals surface area contributed by atoms with Crippen molar-refractivity contribution in [2.24, 2.45) is 0 Å². The number of nitrogens with one attached hydrogen (secondary N) is 1. The van der Waals surface area contributed by atoms with Crippen LogP contribution in [0.5, 0.6) is 11.5 Å². The van der Waals surface area contributed by atoms with Crippen molar-refractivity contribution < 1.29 is 43.7 Å². The Bertz CT molecular complexity index is 1210. The normalized spacial score (nSPS) is 16.1. The van der Waals surface area contributed by atoms with Crippen LogP contribution in [0.25, 0.3) is 11.1 Å². The van der Waals surface area contributed by atoms with Crippen LogP contribution in [0.4, 0.5) is 5.69 Å². The molecule has 0 bridgehead atoms. The van der Waals surface area contributed by atoms with Crippen molar-refractivity contribution in [2.45, 2.75) is 44.4 Å². The molecular weight excluding hydrogens is 484 g/mol. The van der Waals surface area contributed by atoms with E-state index in [1.165, 1.54) is 0 Å². The summed E-state index contributed by atoms with van der Waals surface area (Å²) >= 11 is 0. The van der Waals surface area contributed by atoms with E-state index in [1.807, 2.05) is 26.0 Å². The molecular formula is C22H27NO9P2. The van der Waals surface area contributed by atoms with Gasteiger partial charge in [0.1, 0.15) is 11.5 Å². The number of hydrogen-bond donors (Lipinski definition) is 7. The molecule has 12 heteroatoms. The average Bonchev–Trinajstić information content (AvgIpc) is 2.98. The molecule has 1 amide bonds. The molecule has 1 atom stereocenters. The number of phenols is 2. The second kappa shape index (κ2) is 9.66. The topological polar surface area (TPSA) is 185 Å². The molecule has 1 aliphatic carbocycles. The van der Waals surface area contributed by atoms with Crippen molar-refractivity contribution >= 4 is 37.9 Å². The molecule has 7 N–H and O–H groups in total. The van der Waals surface area contributed by atoms with Gasteiger partial charge in [-0.25, -0.2) is 0 Å². The van der Waals surface area contributed by atoms with Crippen LogP contribution in [0.1, 0.15) is 55.7 Å². The fourth-order valence-electron chi connectivity index (χ4n) is 4.34. The Morgan fingerprint density at radius 1 is 1.03 bits per heavy atom. The van der Waals surface area contributed by atoms with E-state index >= 15 is 0 Å². The summed E-state index contributed by atoms with van der Waals surface area (Å²) in [6, 6.07) is 9.98. The molecule has 0 aromatic heterocycles.